The molecule has 3 aromatic rings. The maximum Gasteiger partial charge on any atom is 0.471 e. The summed E-state index contributed by atoms with van der Waals surface area (Å²) >= 11 is 0.896. The van der Waals surface area contributed by atoms with Crippen LogP contribution in [-0.4, -0.2) is 55.3 Å². The number of aromatic nitrogens is 1. The minimum atomic E-state index is -5.16. The molecule has 0 aliphatic carbocycles. The Hall–Kier alpha value is -3.46. The van der Waals surface area contributed by atoms with Gasteiger partial charge in [0, 0.05) is 33.7 Å². The number of hydrogen-bond donors (Lipinski definition) is 3. The second-order valence-corrected chi connectivity index (χ2v) is 11.7. The molecule has 37 heavy (non-hydrogen) atoms. The number of halogens is 4. The van der Waals surface area contributed by atoms with Crippen LogP contribution in [0.2, 0.25) is 0 Å². The van der Waals surface area contributed by atoms with Gasteiger partial charge in [0.25, 0.3) is 5.91 Å². The number of thiophene rings is 1. The number of sulfonamides is 1. The lowest BCUT2D eigenvalue weighted by Crippen LogP contribution is -2.49. The van der Waals surface area contributed by atoms with E-state index in [2.05, 4.69) is 10.3 Å². The Morgan fingerprint density at radius 2 is 1.95 bits per heavy atom. The van der Waals surface area contributed by atoms with Gasteiger partial charge in [0.05, 0.1) is 12.5 Å². The number of carbonyl (C=O) groups excluding carboxylic acids is 3. The maximum absolute atomic E-state index is 13.5. The highest BCUT2D eigenvalue weighted by atomic mass is 32.2. The first kappa shape index (κ1) is 25.2. The van der Waals surface area contributed by atoms with Crippen molar-refractivity contribution in [3.8, 4) is 0 Å². The molecule has 0 bridgehead atoms. The van der Waals surface area contributed by atoms with E-state index < -0.39 is 57.6 Å². The summed E-state index contributed by atoms with van der Waals surface area (Å²) in [6.07, 6.45) is -5.44. The highest BCUT2D eigenvalue weighted by molar-refractivity contribution is 7.90. The minimum absolute atomic E-state index is 0.0406. The smallest absolute Gasteiger partial charge is 0.351 e. The average molecular weight is 559 g/mol. The Balaban J connectivity index is 1.45. The number of rotatable bonds is 4. The Bertz CT molecular complexity index is 1550. The van der Waals surface area contributed by atoms with Crippen LogP contribution in [-0.2, 0) is 26.0 Å². The molecular weight excluding hydrogens is 540 g/mol. The lowest BCUT2D eigenvalue weighted by atomic mass is 10.00. The Labute approximate surface area is 210 Å². The summed E-state index contributed by atoms with van der Waals surface area (Å²) in [5.74, 6) is -3.97. The molecule has 1 fully saturated rings. The van der Waals surface area contributed by atoms with Crippen molar-refractivity contribution < 1.29 is 40.4 Å². The lowest BCUT2D eigenvalue weighted by Gasteiger charge is -2.36. The summed E-state index contributed by atoms with van der Waals surface area (Å²) in [6, 6.07) is 5.53. The minimum Gasteiger partial charge on any atom is -0.351 e. The first-order chi connectivity index (χ1) is 17.3. The zero-order valence-corrected chi connectivity index (χ0v) is 20.3. The van der Waals surface area contributed by atoms with Crippen molar-refractivity contribution in [3.63, 3.8) is 0 Å². The van der Waals surface area contributed by atoms with Gasteiger partial charge in [-0.25, -0.2) is 12.8 Å². The standard InChI is InChI=1S/C22H18F4N4O5S2/c23-12-1-2-13-11(5-12)6-14(28-13)20(32)27-9-15-19-10(3-4-30(15)21(33)22(24,25)26)7-16(36-19)17-8-18(31)29-37(17,34)35/h1-2,5-7,15,17,28H,3-4,8-9H2,(H,27,32)(H,29,31). The van der Waals surface area contributed by atoms with Crippen molar-refractivity contribution in [1.82, 2.24) is 19.9 Å². The normalized spacial score (nSPS) is 21.1. The van der Waals surface area contributed by atoms with Gasteiger partial charge in [0.15, 0.2) is 0 Å². The van der Waals surface area contributed by atoms with Gasteiger partial charge in [-0.3, -0.25) is 19.1 Å². The van der Waals surface area contributed by atoms with Crippen LogP contribution in [0.1, 0.15) is 43.5 Å². The summed E-state index contributed by atoms with van der Waals surface area (Å²) in [5.41, 5.74) is 1.06. The number of fused-ring (bicyclic) bond motifs is 2. The number of H-pyrrole nitrogens is 1. The van der Waals surface area contributed by atoms with E-state index in [1.54, 1.807) is 0 Å². The van der Waals surface area contributed by atoms with Gasteiger partial charge in [-0.05, 0) is 42.3 Å². The second-order valence-electron chi connectivity index (χ2n) is 8.69. The summed E-state index contributed by atoms with van der Waals surface area (Å²) < 4.78 is 80.1. The van der Waals surface area contributed by atoms with E-state index in [-0.39, 0.29) is 30.0 Å². The number of alkyl halides is 3. The van der Waals surface area contributed by atoms with Crippen LogP contribution < -0.4 is 10.0 Å². The molecule has 2 unspecified atom stereocenters. The number of carbonyl (C=O) groups is 3. The van der Waals surface area contributed by atoms with Crippen LogP contribution in [0, 0.1) is 5.82 Å². The van der Waals surface area contributed by atoms with Gasteiger partial charge in [-0.1, -0.05) is 0 Å². The quantitative estimate of drug-likeness (QED) is 0.425. The first-order valence-corrected chi connectivity index (χ1v) is 13.3. The molecule has 5 rings (SSSR count). The van der Waals surface area contributed by atoms with Gasteiger partial charge >= 0.3 is 12.1 Å². The lowest BCUT2D eigenvalue weighted by molar-refractivity contribution is -0.188. The van der Waals surface area contributed by atoms with Gasteiger partial charge in [0.1, 0.15) is 16.8 Å². The molecule has 1 aromatic carbocycles. The van der Waals surface area contributed by atoms with Crippen LogP contribution in [0.5, 0.6) is 0 Å². The number of hydrogen-bond acceptors (Lipinski definition) is 6. The molecule has 15 heteroatoms. The monoisotopic (exact) mass is 558 g/mol. The molecule has 4 heterocycles. The largest absolute Gasteiger partial charge is 0.471 e. The van der Waals surface area contributed by atoms with Crippen molar-refractivity contribution >= 4 is 50.0 Å². The van der Waals surface area contributed by atoms with Crippen molar-refractivity contribution in [2.24, 2.45) is 0 Å². The van der Waals surface area contributed by atoms with Crippen molar-refractivity contribution in [3.05, 3.63) is 57.2 Å². The van der Waals surface area contributed by atoms with Crippen LogP contribution in [0.15, 0.2) is 30.3 Å². The maximum atomic E-state index is 13.5. The van der Waals surface area contributed by atoms with Gasteiger partial charge in [-0.2, -0.15) is 13.2 Å². The molecular formula is C22H18F4N4O5S2. The van der Waals surface area contributed by atoms with E-state index in [0.717, 1.165) is 11.3 Å². The molecule has 2 aliphatic heterocycles. The molecule has 0 spiro atoms. The van der Waals surface area contributed by atoms with Crippen molar-refractivity contribution in [2.45, 2.75) is 30.3 Å². The van der Waals surface area contributed by atoms with E-state index in [9.17, 15) is 40.4 Å². The van der Waals surface area contributed by atoms with Gasteiger partial charge < -0.3 is 15.2 Å². The highest BCUT2D eigenvalue weighted by Crippen LogP contribution is 2.43. The number of aromatic amines is 1. The van der Waals surface area contributed by atoms with Crippen LogP contribution in [0.4, 0.5) is 17.6 Å². The third-order valence-electron chi connectivity index (χ3n) is 6.27. The van der Waals surface area contributed by atoms with E-state index in [1.165, 1.54) is 30.3 Å². The van der Waals surface area contributed by atoms with Crippen LogP contribution in [0.25, 0.3) is 10.9 Å². The fourth-order valence-corrected chi connectivity index (χ4v) is 7.68. The molecule has 3 amide bonds. The summed E-state index contributed by atoms with van der Waals surface area (Å²) in [4.78, 5) is 40.6. The topological polar surface area (TPSA) is 128 Å². The molecule has 2 atom stereocenters. The molecule has 2 aliphatic rings. The summed E-state index contributed by atoms with van der Waals surface area (Å²) in [6.45, 7) is -0.700. The molecule has 2 aromatic heterocycles. The Kier molecular flexibility index (Phi) is 6.02. The van der Waals surface area contributed by atoms with Crippen LogP contribution in [0.3, 0.4) is 0 Å². The highest BCUT2D eigenvalue weighted by Gasteiger charge is 2.47. The van der Waals surface area contributed by atoms with Crippen molar-refractivity contribution in [2.75, 3.05) is 13.1 Å². The van der Waals surface area contributed by atoms with Crippen molar-refractivity contribution in [1.29, 1.82) is 0 Å². The zero-order chi connectivity index (χ0) is 26.7. The van der Waals surface area contributed by atoms with E-state index in [1.807, 2.05) is 4.72 Å². The second kappa shape index (κ2) is 8.83. The van der Waals surface area contributed by atoms with Gasteiger partial charge in [0.2, 0.25) is 15.9 Å². The number of amides is 3. The molecule has 196 valence electrons. The fourth-order valence-electron chi connectivity index (χ4n) is 4.56. The number of benzene rings is 1. The summed E-state index contributed by atoms with van der Waals surface area (Å²) in [7, 11) is -3.99. The van der Waals surface area contributed by atoms with E-state index in [4.69, 9.17) is 0 Å². The fraction of sp³-hybridized carbons (Fsp3) is 0.318. The van der Waals surface area contributed by atoms with E-state index >= 15 is 0 Å². The Morgan fingerprint density at radius 1 is 1.19 bits per heavy atom. The molecule has 3 N–H and O–H groups in total. The predicted molar refractivity (Wildman–Crippen MR) is 124 cm³/mol. The zero-order valence-electron chi connectivity index (χ0n) is 18.7. The third-order valence-corrected chi connectivity index (χ3v) is 9.49. The van der Waals surface area contributed by atoms with Gasteiger partial charge in [-0.15, -0.1) is 11.3 Å². The molecule has 9 nitrogen and oxygen atoms in total. The number of nitrogens with zero attached hydrogens (tertiary/aromatic N) is 1. The molecule has 0 saturated carbocycles. The third kappa shape index (κ3) is 4.68. The molecule has 1 saturated heterocycles. The SMILES string of the molecule is O=C1CC(c2cc3c(s2)C(CNC(=O)c2cc4cc(F)ccc4[nH]2)N(C(=O)C(F)(F)F)CC3)S(=O)(=O)N1. The average Bonchev–Trinajstić information content (AvgIpc) is 3.49. The molecule has 0 radical (unpaired) electrons. The van der Waals surface area contributed by atoms with E-state index in [0.29, 0.717) is 26.2 Å². The Morgan fingerprint density at radius 3 is 2.62 bits per heavy atom. The first-order valence-electron chi connectivity index (χ1n) is 10.9. The number of nitrogens with one attached hydrogen (secondary N) is 3. The van der Waals surface area contributed by atoms with Crippen LogP contribution >= 0.6 is 11.3 Å². The predicted octanol–water partition coefficient (Wildman–Crippen LogP) is 2.68. The summed E-state index contributed by atoms with van der Waals surface area (Å²) in [5, 5.41) is 1.75.